The molecule has 0 aromatic rings. The van der Waals surface area contributed by atoms with Crippen LogP contribution in [-0.2, 0) is 14.8 Å². The minimum Gasteiger partial charge on any atom is -0.383 e. The van der Waals surface area contributed by atoms with Gasteiger partial charge >= 0.3 is 0 Å². The van der Waals surface area contributed by atoms with Crippen molar-refractivity contribution in [3.63, 3.8) is 0 Å². The maximum atomic E-state index is 11.7. The van der Waals surface area contributed by atoms with Crippen LogP contribution in [0.15, 0.2) is 0 Å². The normalized spacial score (nSPS) is 13.0. The molecule has 0 amide bonds. The van der Waals surface area contributed by atoms with Crippen LogP contribution < -0.4 is 10.0 Å². The molecule has 2 N–H and O–H groups in total. The lowest BCUT2D eigenvalue weighted by Gasteiger charge is -2.24. The summed E-state index contributed by atoms with van der Waals surface area (Å²) in [5.74, 6) is 0.168. The van der Waals surface area contributed by atoms with E-state index in [9.17, 15) is 8.42 Å². The summed E-state index contributed by atoms with van der Waals surface area (Å²) in [4.78, 5) is 0. The Labute approximate surface area is 99.0 Å². The summed E-state index contributed by atoms with van der Waals surface area (Å²) >= 11 is 0. The molecule has 0 heterocycles. The summed E-state index contributed by atoms with van der Waals surface area (Å²) in [5.41, 5.74) is -0.545. The van der Waals surface area contributed by atoms with Crippen LogP contribution in [0.25, 0.3) is 0 Å². The highest BCUT2D eigenvalue weighted by Gasteiger charge is 2.24. The molecule has 0 aliphatic rings. The fraction of sp³-hybridized carbons (Fsp3) is 1.00. The Morgan fingerprint density at radius 2 is 1.88 bits per heavy atom. The Morgan fingerprint density at radius 3 is 2.38 bits per heavy atom. The van der Waals surface area contributed by atoms with E-state index in [1.807, 2.05) is 20.9 Å². The monoisotopic (exact) mass is 252 g/mol. The summed E-state index contributed by atoms with van der Waals surface area (Å²) in [6, 6.07) is 0. The van der Waals surface area contributed by atoms with E-state index in [2.05, 4.69) is 10.0 Å². The lowest BCUT2D eigenvalue weighted by atomic mass is 10.1. The van der Waals surface area contributed by atoms with E-state index in [1.54, 1.807) is 7.11 Å². The maximum Gasteiger partial charge on any atom is 0.212 e. The molecule has 0 aromatic heterocycles. The molecular formula is C10H24N2O3S. The van der Waals surface area contributed by atoms with Crippen molar-refractivity contribution in [1.29, 1.82) is 0 Å². The lowest BCUT2D eigenvalue weighted by Crippen LogP contribution is -2.47. The molecule has 0 fully saturated rings. The molecule has 0 unspecified atom stereocenters. The Hall–Kier alpha value is -0.170. The number of hydrogen-bond acceptors (Lipinski definition) is 4. The van der Waals surface area contributed by atoms with Gasteiger partial charge in [0.05, 0.1) is 17.9 Å². The summed E-state index contributed by atoms with van der Waals surface area (Å²) in [6.45, 7) is 4.82. The third kappa shape index (κ3) is 8.04. The van der Waals surface area contributed by atoms with Gasteiger partial charge in [-0.05, 0) is 40.3 Å². The van der Waals surface area contributed by atoms with Crippen molar-refractivity contribution in [2.75, 3.05) is 33.1 Å². The average molecular weight is 252 g/mol. The molecule has 0 radical (unpaired) electrons. The van der Waals surface area contributed by atoms with Crippen LogP contribution in [0.1, 0.15) is 26.7 Å². The average Bonchev–Trinajstić information content (AvgIpc) is 2.10. The van der Waals surface area contributed by atoms with Crippen molar-refractivity contribution in [3.05, 3.63) is 0 Å². The molecule has 0 aliphatic carbocycles. The van der Waals surface area contributed by atoms with E-state index in [0.29, 0.717) is 13.0 Å². The van der Waals surface area contributed by atoms with Gasteiger partial charge in [-0.25, -0.2) is 13.1 Å². The van der Waals surface area contributed by atoms with Gasteiger partial charge in [0.2, 0.25) is 10.0 Å². The zero-order valence-corrected chi connectivity index (χ0v) is 11.5. The Morgan fingerprint density at radius 1 is 1.25 bits per heavy atom. The highest BCUT2D eigenvalue weighted by Crippen LogP contribution is 2.06. The van der Waals surface area contributed by atoms with Crippen molar-refractivity contribution in [2.45, 2.75) is 32.2 Å². The van der Waals surface area contributed by atoms with Crippen LogP contribution in [0.4, 0.5) is 0 Å². The van der Waals surface area contributed by atoms with E-state index >= 15 is 0 Å². The predicted octanol–water partition coefficient (Wildman–Crippen LogP) is 0.330. The SMILES string of the molecule is CNCCCCS(=O)(=O)NC(C)(C)COC. The van der Waals surface area contributed by atoms with Crippen LogP contribution in [0.5, 0.6) is 0 Å². The van der Waals surface area contributed by atoms with Gasteiger partial charge in [-0.15, -0.1) is 0 Å². The van der Waals surface area contributed by atoms with E-state index in [-0.39, 0.29) is 5.75 Å². The molecule has 0 atom stereocenters. The van der Waals surface area contributed by atoms with E-state index in [4.69, 9.17) is 4.74 Å². The van der Waals surface area contributed by atoms with E-state index in [1.165, 1.54) is 0 Å². The number of ether oxygens (including phenoxy) is 1. The van der Waals surface area contributed by atoms with Gasteiger partial charge in [0.25, 0.3) is 0 Å². The first-order chi connectivity index (χ1) is 7.33. The number of sulfonamides is 1. The van der Waals surface area contributed by atoms with Crippen LogP contribution in [0.2, 0.25) is 0 Å². The molecule has 16 heavy (non-hydrogen) atoms. The fourth-order valence-corrected chi connectivity index (χ4v) is 3.04. The predicted molar refractivity (Wildman–Crippen MR) is 66.0 cm³/mol. The Bertz CT molecular complexity index is 276. The van der Waals surface area contributed by atoms with Crippen molar-refractivity contribution in [2.24, 2.45) is 0 Å². The first-order valence-corrected chi connectivity index (χ1v) is 7.13. The summed E-state index contributed by atoms with van der Waals surface area (Å²) < 4.78 is 31.0. The largest absolute Gasteiger partial charge is 0.383 e. The summed E-state index contributed by atoms with van der Waals surface area (Å²) in [6.07, 6.45) is 1.53. The molecule has 6 heteroatoms. The fourth-order valence-electron chi connectivity index (χ4n) is 1.46. The van der Waals surface area contributed by atoms with Crippen LogP contribution in [0.3, 0.4) is 0 Å². The quantitative estimate of drug-likeness (QED) is 0.580. The van der Waals surface area contributed by atoms with Gasteiger partial charge in [0.15, 0.2) is 0 Å². The van der Waals surface area contributed by atoms with Gasteiger partial charge in [-0.3, -0.25) is 0 Å². The smallest absolute Gasteiger partial charge is 0.212 e. The first kappa shape index (κ1) is 15.8. The van der Waals surface area contributed by atoms with Crippen molar-refractivity contribution < 1.29 is 13.2 Å². The molecule has 0 aliphatic heterocycles. The molecule has 0 spiro atoms. The molecular weight excluding hydrogens is 228 g/mol. The third-order valence-electron chi connectivity index (χ3n) is 2.03. The minimum atomic E-state index is -3.20. The second-order valence-electron chi connectivity index (χ2n) is 4.55. The topological polar surface area (TPSA) is 67.4 Å². The van der Waals surface area contributed by atoms with Crippen molar-refractivity contribution >= 4 is 10.0 Å². The molecule has 0 saturated heterocycles. The number of rotatable bonds is 9. The van der Waals surface area contributed by atoms with Crippen molar-refractivity contribution in [3.8, 4) is 0 Å². The van der Waals surface area contributed by atoms with Gasteiger partial charge in [-0.2, -0.15) is 0 Å². The Balaban J connectivity index is 4.04. The second-order valence-corrected chi connectivity index (χ2v) is 6.39. The molecule has 0 rings (SSSR count). The van der Waals surface area contributed by atoms with E-state index < -0.39 is 15.6 Å². The maximum absolute atomic E-state index is 11.7. The van der Waals surface area contributed by atoms with Crippen LogP contribution in [-0.4, -0.2) is 47.0 Å². The zero-order chi connectivity index (χ0) is 12.7. The number of unbranched alkanes of at least 4 members (excludes halogenated alkanes) is 1. The molecule has 98 valence electrons. The second kappa shape index (κ2) is 7.21. The van der Waals surface area contributed by atoms with Gasteiger partial charge in [-0.1, -0.05) is 0 Å². The minimum absolute atomic E-state index is 0.168. The molecule has 5 nitrogen and oxygen atoms in total. The summed E-state index contributed by atoms with van der Waals surface area (Å²) in [5, 5.41) is 2.99. The molecule has 0 saturated carbocycles. The van der Waals surface area contributed by atoms with Crippen LogP contribution in [0, 0.1) is 0 Å². The summed E-state index contributed by atoms with van der Waals surface area (Å²) in [7, 11) is 0.214. The Kier molecular flexibility index (Phi) is 7.14. The standard InChI is InChI=1S/C10H24N2O3S/c1-10(2,9-15-4)12-16(13,14)8-6-5-7-11-3/h11-12H,5-9H2,1-4H3. The first-order valence-electron chi connectivity index (χ1n) is 5.48. The van der Waals surface area contributed by atoms with Gasteiger partial charge in [0, 0.05) is 7.11 Å². The van der Waals surface area contributed by atoms with Crippen molar-refractivity contribution in [1.82, 2.24) is 10.0 Å². The lowest BCUT2D eigenvalue weighted by molar-refractivity contribution is 0.141. The molecule has 0 bridgehead atoms. The van der Waals surface area contributed by atoms with Gasteiger partial charge in [0.1, 0.15) is 0 Å². The zero-order valence-electron chi connectivity index (χ0n) is 10.7. The number of methoxy groups -OCH3 is 1. The van der Waals surface area contributed by atoms with Crippen LogP contribution >= 0.6 is 0 Å². The van der Waals surface area contributed by atoms with Gasteiger partial charge < -0.3 is 10.1 Å². The highest BCUT2D eigenvalue weighted by atomic mass is 32.2. The molecule has 0 aromatic carbocycles. The highest BCUT2D eigenvalue weighted by molar-refractivity contribution is 7.89. The number of nitrogens with one attached hydrogen (secondary N) is 2. The van der Waals surface area contributed by atoms with E-state index in [0.717, 1.165) is 13.0 Å². The third-order valence-corrected chi connectivity index (χ3v) is 3.72. The number of hydrogen-bond donors (Lipinski definition) is 2.